The van der Waals surface area contributed by atoms with Gasteiger partial charge in [0, 0.05) is 19.0 Å². The van der Waals surface area contributed by atoms with Gasteiger partial charge in [-0.1, -0.05) is 25.4 Å². The molecule has 2 fully saturated rings. The molecule has 1 saturated carbocycles. The summed E-state index contributed by atoms with van der Waals surface area (Å²) in [5.74, 6) is 2.51. The smallest absolute Gasteiger partial charge is 0.259 e. The molecular weight excluding hydrogens is 240 g/mol. The molecule has 1 aliphatic heterocycles. The summed E-state index contributed by atoms with van der Waals surface area (Å²) >= 11 is 0. The molecule has 0 bridgehead atoms. The average molecular weight is 262 g/mol. The molecule has 1 aromatic heterocycles. The topological polar surface area (TPSA) is 46.3 Å². The largest absolute Gasteiger partial charge is 0.360 e. The highest BCUT2D eigenvalue weighted by Gasteiger charge is 2.39. The van der Waals surface area contributed by atoms with E-state index in [1.165, 1.54) is 19.3 Å². The molecule has 4 heteroatoms. The SMILES string of the molecule is Cc1noc(C(C)C)c1C(=O)N1CC2CCCC2C1. The van der Waals surface area contributed by atoms with Gasteiger partial charge in [0.15, 0.2) is 5.76 Å². The van der Waals surface area contributed by atoms with Gasteiger partial charge in [-0.05, 0) is 31.6 Å². The van der Waals surface area contributed by atoms with Crippen LogP contribution in [0.15, 0.2) is 4.52 Å². The number of amides is 1. The Hall–Kier alpha value is -1.32. The van der Waals surface area contributed by atoms with E-state index in [4.69, 9.17) is 4.52 Å². The highest BCUT2D eigenvalue weighted by atomic mass is 16.5. The van der Waals surface area contributed by atoms with E-state index in [0.717, 1.165) is 36.4 Å². The monoisotopic (exact) mass is 262 g/mol. The first-order valence-corrected chi connectivity index (χ1v) is 7.33. The number of aryl methyl sites for hydroxylation is 1. The number of hydrogen-bond acceptors (Lipinski definition) is 3. The van der Waals surface area contributed by atoms with Crippen LogP contribution in [0.2, 0.25) is 0 Å². The maximum atomic E-state index is 12.7. The number of nitrogens with zero attached hydrogens (tertiary/aromatic N) is 2. The van der Waals surface area contributed by atoms with Gasteiger partial charge in [0.1, 0.15) is 5.56 Å². The van der Waals surface area contributed by atoms with Gasteiger partial charge in [0.05, 0.1) is 5.69 Å². The van der Waals surface area contributed by atoms with Gasteiger partial charge in [-0.2, -0.15) is 0 Å². The molecule has 1 saturated heterocycles. The second kappa shape index (κ2) is 4.66. The molecule has 19 heavy (non-hydrogen) atoms. The zero-order valence-corrected chi connectivity index (χ0v) is 12.0. The van der Waals surface area contributed by atoms with Crippen molar-refractivity contribution in [3.05, 3.63) is 17.0 Å². The lowest BCUT2D eigenvalue weighted by atomic mass is 10.0. The van der Waals surface area contributed by atoms with Crippen molar-refractivity contribution in [2.75, 3.05) is 13.1 Å². The molecule has 104 valence electrons. The van der Waals surface area contributed by atoms with E-state index in [-0.39, 0.29) is 11.8 Å². The number of fused-ring (bicyclic) bond motifs is 1. The first-order chi connectivity index (χ1) is 9.08. The predicted octanol–water partition coefficient (Wildman–Crippen LogP) is 2.98. The standard InChI is InChI=1S/C15H22N2O2/c1-9(2)14-13(10(3)16-19-14)15(18)17-7-11-5-4-6-12(11)8-17/h9,11-12H,4-8H2,1-3H3. The molecule has 1 aliphatic carbocycles. The Morgan fingerprint density at radius 2 is 1.95 bits per heavy atom. The fourth-order valence-corrected chi connectivity index (χ4v) is 3.60. The van der Waals surface area contributed by atoms with Crippen molar-refractivity contribution in [3.63, 3.8) is 0 Å². The maximum Gasteiger partial charge on any atom is 0.259 e. The van der Waals surface area contributed by atoms with Gasteiger partial charge in [-0.15, -0.1) is 0 Å². The molecule has 3 rings (SSSR count). The summed E-state index contributed by atoms with van der Waals surface area (Å²) in [6.07, 6.45) is 3.91. The number of aromatic nitrogens is 1. The first-order valence-electron chi connectivity index (χ1n) is 7.33. The molecule has 2 heterocycles. The summed E-state index contributed by atoms with van der Waals surface area (Å²) in [6, 6.07) is 0. The van der Waals surface area contributed by atoms with E-state index in [0.29, 0.717) is 5.56 Å². The summed E-state index contributed by atoms with van der Waals surface area (Å²) in [6.45, 7) is 7.78. The van der Waals surface area contributed by atoms with Crippen LogP contribution in [0.1, 0.15) is 60.8 Å². The number of likely N-dealkylation sites (tertiary alicyclic amines) is 1. The maximum absolute atomic E-state index is 12.7. The van der Waals surface area contributed by atoms with Crippen LogP contribution in [0.3, 0.4) is 0 Å². The summed E-state index contributed by atoms with van der Waals surface area (Å²) < 4.78 is 5.33. The third-order valence-corrected chi connectivity index (χ3v) is 4.64. The van der Waals surface area contributed by atoms with Crippen molar-refractivity contribution < 1.29 is 9.32 Å². The Morgan fingerprint density at radius 3 is 2.53 bits per heavy atom. The minimum absolute atomic E-state index is 0.122. The van der Waals surface area contributed by atoms with E-state index in [1.807, 2.05) is 25.7 Å². The van der Waals surface area contributed by atoms with Crippen LogP contribution in [0, 0.1) is 18.8 Å². The molecule has 0 spiro atoms. The lowest BCUT2D eigenvalue weighted by Crippen LogP contribution is -2.30. The quantitative estimate of drug-likeness (QED) is 0.823. The van der Waals surface area contributed by atoms with E-state index < -0.39 is 0 Å². The van der Waals surface area contributed by atoms with Crippen LogP contribution in [-0.4, -0.2) is 29.1 Å². The van der Waals surface area contributed by atoms with Crippen molar-refractivity contribution in [2.45, 2.75) is 46.0 Å². The van der Waals surface area contributed by atoms with Crippen molar-refractivity contribution in [1.82, 2.24) is 10.1 Å². The molecule has 1 amide bonds. The van der Waals surface area contributed by atoms with Crippen LogP contribution in [-0.2, 0) is 0 Å². The second-order valence-electron chi connectivity index (χ2n) is 6.32. The van der Waals surface area contributed by atoms with Crippen LogP contribution in [0.4, 0.5) is 0 Å². The molecule has 2 atom stereocenters. The molecule has 0 radical (unpaired) electrons. The Bertz CT molecular complexity index is 480. The van der Waals surface area contributed by atoms with E-state index in [9.17, 15) is 4.79 Å². The Morgan fingerprint density at radius 1 is 1.32 bits per heavy atom. The third-order valence-electron chi connectivity index (χ3n) is 4.64. The predicted molar refractivity (Wildman–Crippen MR) is 72.1 cm³/mol. The molecule has 4 nitrogen and oxygen atoms in total. The fraction of sp³-hybridized carbons (Fsp3) is 0.733. The lowest BCUT2D eigenvalue weighted by Gasteiger charge is -2.17. The average Bonchev–Trinajstić information content (AvgIpc) is 3.00. The van der Waals surface area contributed by atoms with Crippen LogP contribution >= 0.6 is 0 Å². The molecule has 2 aliphatic rings. The van der Waals surface area contributed by atoms with E-state index in [2.05, 4.69) is 5.16 Å². The molecular formula is C15H22N2O2. The summed E-state index contributed by atoms with van der Waals surface area (Å²) in [7, 11) is 0. The summed E-state index contributed by atoms with van der Waals surface area (Å²) in [4.78, 5) is 14.7. The Labute approximate surface area is 114 Å². The molecule has 2 unspecified atom stereocenters. The van der Waals surface area contributed by atoms with Crippen molar-refractivity contribution in [2.24, 2.45) is 11.8 Å². The molecule has 0 aromatic carbocycles. The van der Waals surface area contributed by atoms with Crippen molar-refractivity contribution in [3.8, 4) is 0 Å². The zero-order valence-electron chi connectivity index (χ0n) is 12.0. The van der Waals surface area contributed by atoms with E-state index >= 15 is 0 Å². The van der Waals surface area contributed by atoms with Gasteiger partial charge in [-0.25, -0.2) is 0 Å². The van der Waals surface area contributed by atoms with Gasteiger partial charge < -0.3 is 9.42 Å². The number of rotatable bonds is 2. The van der Waals surface area contributed by atoms with Crippen LogP contribution in [0.5, 0.6) is 0 Å². The van der Waals surface area contributed by atoms with Crippen molar-refractivity contribution in [1.29, 1.82) is 0 Å². The highest BCUT2D eigenvalue weighted by molar-refractivity contribution is 5.96. The normalized spacial score (nSPS) is 26.2. The number of carbonyl (C=O) groups excluding carboxylic acids is 1. The van der Waals surface area contributed by atoms with Gasteiger partial charge in [-0.3, -0.25) is 4.79 Å². The summed E-state index contributed by atoms with van der Waals surface area (Å²) in [5.41, 5.74) is 1.43. The lowest BCUT2D eigenvalue weighted by molar-refractivity contribution is 0.0777. The zero-order chi connectivity index (χ0) is 13.6. The number of hydrogen-bond donors (Lipinski definition) is 0. The number of carbonyl (C=O) groups is 1. The fourth-order valence-electron chi connectivity index (χ4n) is 3.60. The van der Waals surface area contributed by atoms with Crippen molar-refractivity contribution >= 4 is 5.91 Å². The van der Waals surface area contributed by atoms with E-state index in [1.54, 1.807) is 0 Å². The Balaban J connectivity index is 1.83. The van der Waals surface area contributed by atoms with Crippen LogP contribution < -0.4 is 0 Å². The Kier molecular flexibility index (Phi) is 3.11. The summed E-state index contributed by atoms with van der Waals surface area (Å²) in [5, 5.41) is 3.98. The highest BCUT2D eigenvalue weighted by Crippen LogP contribution is 2.38. The third kappa shape index (κ3) is 2.07. The molecule has 1 aromatic rings. The minimum atomic E-state index is 0.122. The van der Waals surface area contributed by atoms with Gasteiger partial charge in [0.25, 0.3) is 5.91 Å². The van der Waals surface area contributed by atoms with Gasteiger partial charge in [0.2, 0.25) is 0 Å². The van der Waals surface area contributed by atoms with Crippen LogP contribution in [0.25, 0.3) is 0 Å². The first kappa shape index (κ1) is 12.7. The minimum Gasteiger partial charge on any atom is -0.360 e. The molecule has 0 N–H and O–H groups in total. The second-order valence-corrected chi connectivity index (χ2v) is 6.32. The van der Waals surface area contributed by atoms with Gasteiger partial charge >= 0.3 is 0 Å².